The number of likely N-dealkylation sites (N-methyl/N-ethyl adjacent to an activating group) is 2. The number of nitrogens with zero attached hydrogens (tertiary/aromatic N) is 18. The van der Waals surface area contributed by atoms with Crippen LogP contribution in [0.3, 0.4) is 0 Å². The van der Waals surface area contributed by atoms with Crippen molar-refractivity contribution in [2.45, 2.75) is 137 Å². The van der Waals surface area contributed by atoms with Gasteiger partial charge in [-0.05, 0) is 157 Å². The molecule has 1 N–H and O–H groups in total. The Kier molecular flexibility index (Phi) is 29.9. The van der Waals surface area contributed by atoms with Gasteiger partial charge in [-0.15, -0.1) is 0 Å². The standard InChI is InChI=1S/C34H45N9O4.C21H30ClN7O2.C13H16N2O2.CH2O3.CH4.2Cs.H/c1-22-10-11-26-25(19-36-43(26)27-9-7-8-18-45-27)29(22)46-31-28-24(12-13-35-31)30(38-32(37-28)42-20-23(21-42)39(5)6)40-14-16-41(17-15-40)33(44)47-34(2,3)4;1-21(2,3)31-20(30)28-10-8-27(9-11-28)18-15-6-7-23-17(22)16(15)24-19(25-18)29-12-14(13-29)26(4)5;1-9-5-6-11-10(13(9)16)8-14-15(11)12-4-2-3-7-17-12;2-1-4-3;;;;/h10-13,19,23,27H,7-9,14-18,20-21H2,1-6H3;6-7,14H,8-13H2,1-5H3;5-6,8,12,16H,2-4,7H2,1H3;1,3H;1H4;;;/q;;;;;2*+1;-1/p-1. The molecule has 2 atom stereocenters. The third kappa shape index (κ3) is 19.9. The third-order valence-corrected chi connectivity index (χ3v) is 18.6. The number of phenols is 1. The van der Waals surface area contributed by atoms with Gasteiger partial charge < -0.3 is 79.6 Å². The molecule has 6 aromatic heterocycles. The van der Waals surface area contributed by atoms with Crippen LogP contribution in [0.25, 0.3) is 43.6 Å². The van der Waals surface area contributed by atoms with Crippen molar-refractivity contribution in [3.63, 3.8) is 0 Å². The Morgan fingerprint density at radius 1 is 0.608 bits per heavy atom. The van der Waals surface area contributed by atoms with Gasteiger partial charge in [0.25, 0.3) is 6.47 Å². The second-order valence-electron chi connectivity index (χ2n) is 28.1. The van der Waals surface area contributed by atoms with Crippen molar-refractivity contribution >= 4 is 97.4 Å². The summed E-state index contributed by atoms with van der Waals surface area (Å²) < 4.78 is 33.5. The molecule has 2 aromatic carbocycles. The zero-order valence-corrected chi connectivity index (χ0v) is 74.1. The van der Waals surface area contributed by atoms with Crippen LogP contribution in [0, 0.1) is 13.8 Å². The Morgan fingerprint density at radius 3 is 1.48 bits per heavy atom. The van der Waals surface area contributed by atoms with Gasteiger partial charge in [0.1, 0.15) is 45.4 Å². The predicted molar refractivity (Wildman–Crippen MR) is 382 cm³/mol. The number of carbonyl (C=O) groups is 3. The van der Waals surface area contributed by atoms with E-state index in [4.69, 9.17) is 75.4 Å². The molecule has 6 aliphatic rings. The third-order valence-electron chi connectivity index (χ3n) is 18.3. The van der Waals surface area contributed by atoms with Crippen LogP contribution in [0.1, 0.15) is 113 Å². The molecule has 0 bridgehead atoms. The fraction of sp³-hybridized carbons (Fsp3) is 0.557. The average Bonchev–Trinajstić information content (AvgIpc) is 1.31. The number of rotatable bonds is 11. The van der Waals surface area contributed by atoms with Crippen molar-refractivity contribution in [1.29, 1.82) is 0 Å². The number of pyridine rings is 2. The number of hydrogen-bond acceptors (Lipinski definition) is 25. The first kappa shape index (κ1) is 83.0. The van der Waals surface area contributed by atoms with Crippen LogP contribution < -0.4 is 167 Å². The van der Waals surface area contributed by atoms with Crippen LogP contribution in [0.2, 0.25) is 5.15 Å². The Hall–Kier alpha value is -4.64. The summed E-state index contributed by atoms with van der Waals surface area (Å²) >= 11 is 6.40. The number of hydrogen-bond donors (Lipinski definition) is 1. The molecule has 0 aliphatic carbocycles. The summed E-state index contributed by atoms with van der Waals surface area (Å²) in [5.41, 5.74) is 4.03. The molecule has 6 aliphatic heterocycles. The number of fused-ring (bicyclic) bond motifs is 4. The summed E-state index contributed by atoms with van der Waals surface area (Å²) in [5, 5.41) is 31.3. The Morgan fingerprint density at radius 2 is 1.04 bits per heavy atom. The molecule has 6 fully saturated rings. The molecule has 14 rings (SSSR count). The number of aromatic nitrogens is 10. The number of aryl methyl sites for hydroxylation is 2. The smallest absolute Gasteiger partial charge is 1.00 e. The molecule has 2 unspecified atom stereocenters. The molecular formula is C70H97ClCs2N18O11. The van der Waals surface area contributed by atoms with Crippen LogP contribution in [0.15, 0.2) is 61.2 Å². The summed E-state index contributed by atoms with van der Waals surface area (Å²) in [5.74, 6) is 4.41. The maximum Gasteiger partial charge on any atom is 1.00 e. The van der Waals surface area contributed by atoms with Gasteiger partial charge in [0, 0.05) is 122 Å². The Labute approximate surface area is 720 Å². The topological polar surface area (TPSA) is 289 Å². The van der Waals surface area contributed by atoms with Crippen LogP contribution in [-0.2, 0) is 28.6 Å². The molecule has 32 heteroatoms. The monoisotopic (exact) mass is 1670 g/mol. The second kappa shape index (κ2) is 36.8. The molecule has 12 heterocycles. The number of piperazine rings is 2. The molecule has 542 valence electrons. The van der Waals surface area contributed by atoms with Gasteiger partial charge in [0.05, 0.1) is 39.6 Å². The van der Waals surface area contributed by atoms with Gasteiger partial charge in [-0.2, -0.15) is 20.2 Å². The number of aromatic hydroxyl groups is 1. The van der Waals surface area contributed by atoms with Crippen molar-refractivity contribution < 1.29 is 193 Å². The number of halogens is 1. The summed E-state index contributed by atoms with van der Waals surface area (Å²) in [6, 6.07) is 12.8. The SMILES string of the molecule is C.CN(C)C1CN(c2nc(N3CCN(C(=O)OC(C)(C)C)CC3)c3ccnc(Cl)c3n2)C1.Cc1ccc2c(cnn2C2CCCCO2)c1O.Cc1ccc2c(cnn2C2CCCCO2)c1Oc1nccc2c(N3CCN(C(=O)OC(C)(C)C)CC3)nc(N3CC(N(C)C)C3)nc12.O=CO[O-].[Cs+].[Cs+].[H-]. The molecular weight excluding hydrogens is 1570 g/mol. The minimum Gasteiger partial charge on any atom is -1.00 e. The molecule has 2 amide bonds. The number of phenolic OH excluding ortho intramolecular Hbond substituents is 1. The van der Waals surface area contributed by atoms with Gasteiger partial charge in [0.2, 0.25) is 17.8 Å². The van der Waals surface area contributed by atoms with Crippen molar-refractivity contribution in [1.82, 2.24) is 69.1 Å². The van der Waals surface area contributed by atoms with Crippen molar-refractivity contribution in [2.75, 3.05) is 140 Å². The number of benzene rings is 2. The first-order valence-corrected chi connectivity index (χ1v) is 34.3. The summed E-state index contributed by atoms with van der Waals surface area (Å²) in [6.45, 7) is 24.8. The van der Waals surface area contributed by atoms with E-state index in [0.717, 1.165) is 127 Å². The molecule has 0 saturated carbocycles. The van der Waals surface area contributed by atoms with E-state index in [2.05, 4.69) is 84.7 Å². The number of anilines is 4. The van der Waals surface area contributed by atoms with Gasteiger partial charge in [-0.3, -0.25) is 4.79 Å². The zero-order chi connectivity index (χ0) is 70.4. The normalized spacial score (nSPS) is 18.1. The fourth-order valence-corrected chi connectivity index (χ4v) is 12.7. The molecule has 8 aromatic rings. The summed E-state index contributed by atoms with van der Waals surface area (Å²) in [6.07, 6.45) is 12.8. The maximum atomic E-state index is 12.8. The van der Waals surface area contributed by atoms with Crippen molar-refractivity contribution in [3.8, 4) is 17.4 Å². The van der Waals surface area contributed by atoms with E-state index in [-0.39, 0.29) is 178 Å². The van der Waals surface area contributed by atoms with Gasteiger partial charge in [0.15, 0.2) is 17.6 Å². The largest absolute Gasteiger partial charge is 1.00 e. The molecule has 29 nitrogen and oxygen atoms in total. The Balaban J connectivity index is 0.000000228. The maximum absolute atomic E-state index is 12.8. The van der Waals surface area contributed by atoms with Gasteiger partial charge >= 0.3 is 150 Å². The van der Waals surface area contributed by atoms with Crippen molar-refractivity contribution in [2.24, 2.45) is 0 Å². The quantitative estimate of drug-likeness (QED) is 0.0840. The number of carbonyl (C=O) groups excluding carboxylic acids is 3. The van der Waals surface area contributed by atoms with E-state index in [1.165, 1.54) is 6.42 Å². The van der Waals surface area contributed by atoms with E-state index in [1.54, 1.807) is 28.4 Å². The number of ether oxygens (including phenoxy) is 5. The predicted octanol–water partition coefficient (Wildman–Crippen LogP) is 3.41. The Bertz CT molecular complexity index is 4140. The first-order chi connectivity index (χ1) is 47.4. The van der Waals surface area contributed by atoms with Crippen molar-refractivity contribution in [3.05, 3.63) is 77.5 Å². The van der Waals surface area contributed by atoms with Gasteiger partial charge in [-0.1, -0.05) is 31.2 Å². The minimum atomic E-state index is -0.540. The molecule has 102 heavy (non-hydrogen) atoms. The van der Waals surface area contributed by atoms with Gasteiger partial charge in [-0.25, -0.2) is 38.9 Å². The van der Waals surface area contributed by atoms with E-state index in [9.17, 15) is 14.7 Å². The van der Waals surface area contributed by atoms with E-state index < -0.39 is 11.2 Å². The van der Waals surface area contributed by atoms with Crippen LogP contribution in [0.5, 0.6) is 17.4 Å². The first-order valence-electron chi connectivity index (χ1n) is 33.9. The number of amides is 2. The van der Waals surface area contributed by atoms with Crippen LogP contribution in [0.4, 0.5) is 33.1 Å². The molecule has 0 spiro atoms. The summed E-state index contributed by atoms with van der Waals surface area (Å²) in [4.78, 5) is 81.9. The summed E-state index contributed by atoms with van der Waals surface area (Å²) in [7, 11) is 8.36. The van der Waals surface area contributed by atoms with E-state index >= 15 is 0 Å². The average molecular weight is 1670 g/mol. The molecule has 6 saturated heterocycles. The minimum absolute atomic E-state index is 0. The van der Waals surface area contributed by atoms with Crippen LogP contribution in [-0.4, -0.2) is 236 Å². The molecule has 0 radical (unpaired) electrons. The van der Waals surface area contributed by atoms with E-state index in [0.29, 0.717) is 110 Å². The van der Waals surface area contributed by atoms with E-state index in [1.807, 2.05) is 95.2 Å². The zero-order valence-electron chi connectivity index (χ0n) is 61.8. The second-order valence-corrected chi connectivity index (χ2v) is 28.4. The fourth-order valence-electron chi connectivity index (χ4n) is 12.5. The van der Waals surface area contributed by atoms with Crippen LogP contribution >= 0.6 is 11.6 Å².